The zero-order chi connectivity index (χ0) is 14.4. The first-order valence-corrected chi connectivity index (χ1v) is 8.04. The van der Waals surface area contributed by atoms with Crippen molar-refractivity contribution < 1.29 is 0 Å². The Morgan fingerprint density at radius 3 is 2.95 bits per heavy atom. The number of rotatable bonds is 7. The molecule has 0 unspecified atom stereocenters. The van der Waals surface area contributed by atoms with Crippen LogP contribution in [0.2, 0.25) is 0 Å². The van der Waals surface area contributed by atoms with Gasteiger partial charge in [-0.2, -0.15) is 5.10 Å². The van der Waals surface area contributed by atoms with E-state index in [4.69, 9.17) is 18.0 Å². The number of anilines is 1. The van der Waals surface area contributed by atoms with E-state index in [2.05, 4.69) is 10.4 Å². The number of thiocarbonyl (C=S) groups is 1. The highest BCUT2D eigenvalue weighted by Gasteiger charge is 2.09. The minimum Gasteiger partial charge on any atom is -0.389 e. The van der Waals surface area contributed by atoms with Gasteiger partial charge in [0.25, 0.3) is 0 Å². The van der Waals surface area contributed by atoms with E-state index in [0.29, 0.717) is 4.99 Å². The van der Waals surface area contributed by atoms with Crippen LogP contribution in [0.3, 0.4) is 0 Å². The Labute approximate surface area is 128 Å². The first-order chi connectivity index (χ1) is 9.72. The van der Waals surface area contributed by atoms with Gasteiger partial charge in [0.05, 0.1) is 0 Å². The van der Waals surface area contributed by atoms with E-state index in [1.807, 2.05) is 41.4 Å². The molecule has 3 N–H and O–H groups in total. The predicted octanol–water partition coefficient (Wildman–Crippen LogP) is 2.74. The Hall–Kier alpha value is -1.53. The van der Waals surface area contributed by atoms with E-state index in [1.54, 1.807) is 18.0 Å². The molecule has 4 nitrogen and oxygen atoms in total. The number of nitrogens with zero attached hydrogens (tertiary/aromatic N) is 2. The lowest BCUT2D eigenvalue weighted by Gasteiger charge is -2.14. The highest BCUT2D eigenvalue weighted by Crippen LogP contribution is 2.27. The van der Waals surface area contributed by atoms with Gasteiger partial charge < -0.3 is 11.1 Å². The Kier molecular flexibility index (Phi) is 5.43. The van der Waals surface area contributed by atoms with Crippen molar-refractivity contribution in [2.24, 2.45) is 5.73 Å². The Morgan fingerprint density at radius 2 is 2.30 bits per heavy atom. The molecule has 6 heteroatoms. The molecule has 1 aromatic carbocycles. The van der Waals surface area contributed by atoms with Crippen LogP contribution in [0.1, 0.15) is 12.0 Å². The lowest BCUT2D eigenvalue weighted by Crippen LogP contribution is -2.15. The maximum atomic E-state index is 5.84. The van der Waals surface area contributed by atoms with Crippen molar-refractivity contribution in [3.05, 3.63) is 42.2 Å². The first kappa shape index (κ1) is 14.9. The van der Waals surface area contributed by atoms with Gasteiger partial charge in [-0.15, -0.1) is 11.8 Å². The molecule has 0 fully saturated rings. The second-order valence-corrected chi connectivity index (χ2v) is 5.58. The molecular weight excluding hydrogens is 288 g/mol. The molecule has 0 bridgehead atoms. The molecule has 0 amide bonds. The van der Waals surface area contributed by atoms with Gasteiger partial charge in [-0.3, -0.25) is 4.68 Å². The number of hydrogen-bond acceptors (Lipinski definition) is 4. The fraction of sp³-hybridized carbons (Fsp3) is 0.286. The smallest absolute Gasteiger partial charge is 0.107 e. The molecule has 20 heavy (non-hydrogen) atoms. The molecule has 0 atom stereocenters. The number of thioether (sulfide) groups is 1. The molecule has 2 rings (SSSR count). The zero-order valence-corrected chi connectivity index (χ0v) is 13.0. The van der Waals surface area contributed by atoms with Crippen molar-refractivity contribution in [3.63, 3.8) is 0 Å². The summed E-state index contributed by atoms with van der Waals surface area (Å²) in [4.78, 5) is 1.54. The van der Waals surface area contributed by atoms with Crippen molar-refractivity contribution in [2.45, 2.75) is 17.9 Å². The molecule has 0 spiro atoms. The number of nitrogens with two attached hydrogens (primary N) is 1. The van der Waals surface area contributed by atoms with Crippen LogP contribution in [0.15, 0.2) is 41.6 Å². The van der Waals surface area contributed by atoms with Crippen LogP contribution in [-0.4, -0.2) is 27.6 Å². The summed E-state index contributed by atoms with van der Waals surface area (Å²) < 4.78 is 1.93. The van der Waals surface area contributed by atoms with Crippen molar-refractivity contribution in [2.75, 3.05) is 18.1 Å². The average molecular weight is 306 g/mol. The van der Waals surface area contributed by atoms with Gasteiger partial charge in [0.1, 0.15) is 4.99 Å². The van der Waals surface area contributed by atoms with Crippen LogP contribution < -0.4 is 11.1 Å². The molecule has 0 radical (unpaired) electrons. The first-order valence-electron chi connectivity index (χ1n) is 6.40. The van der Waals surface area contributed by atoms with E-state index >= 15 is 0 Å². The van der Waals surface area contributed by atoms with Gasteiger partial charge >= 0.3 is 0 Å². The van der Waals surface area contributed by atoms with E-state index in [0.717, 1.165) is 35.7 Å². The highest BCUT2D eigenvalue weighted by atomic mass is 32.2. The van der Waals surface area contributed by atoms with Gasteiger partial charge in [-0.1, -0.05) is 18.3 Å². The SMILES string of the molecule is CSc1cccc(NCCCn2cccn2)c1C(N)=S. The molecule has 1 heterocycles. The Morgan fingerprint density at radius 1 is 1.45 bits per heavy atom. The number of aryl methyl sites for hydroxylation is 1. The van der Waals surface area contributed by atoms with E-state index in [1.165, 1.54) is 0 Å². The quantitative estimate of drug-likeness (QED) is 0.468. The largest absolute Gasteiger partial charge is 0.389 e. The standard InChI is InChI=1S/C14H18N4S2/c1-20-12-6-2-5-11(13(12)14(15)19)16-7-3-9-18-10-4-8-17-18/h2,4-6,8,10,16H,3,7,9H2,1H3,(H2,15,19). The van der Waals surface area contributed by atoms with Gasteiger partial charge in [-0.05, 0) is 30.9 Å². The zero-order valence-electron chi connectivity index (χ0n) is 11.4. The van der Waals surface area contributed by atoms with Gasteiger partial charge in [-0.25, -0.2) is 0 Å². The normalized spacial score (nSPS) is 10.4. The summed E-state index contributed by atoms with van der Waals surface area (Å²) in [5.41, 5.74) is 7.78. The third-order valence-electron chi connectivity index (χ3n) is 2.93. The van der Waals surface area contributed by atoms with Crippen molar-refractivity contribution in [1.82, 2.24) is 9.78 Å². The minimum absolute atomic E-state index is 0.435. The fourth-order valence-corrected chi connectivity index (χ4v) is 2.92. The van der Waals surface area contributed by atoms with Crippen LogP contribution >= 0.6 is 24.0 Å². The Bertz CT molecular complexity index is 567. The minimum atomic E-state index is 0.435. The van der Waals surface area contributed by atoms with Gasteiger partial charge in [0.2, 0.25) is 0 Å². The highest BCUT2D eigenvalue weighted by molar-refractivity contribution is 7.98. The summed E-state index contributed by atoms with van der Waals surface area (Å²) in [5.74, 6) is 0. The van der Waals surface area contributed by atoms with Crippen LogP contribution in [0, 0.1) is 0 Å². The average Bonchev–Trinajstić information content (AvgIpc) is 2.96. The van der Waals surface area contributed by atoms with E-state index < -0.39 is 0 Å². The lowest BCUT2D eigenvalue weighted by atomic mass is 10.1. The molecule has 0 aliphatic heterocycles. The number of benzene rings is 1. The maximum absolute atomic E-state index is 5.84. The van der Waals surface area contributed by atoms with Crippen LogP contribution in [0.4, 0.5) is 5.69 Å². The van der Waals surface area contributed by atoms with Crippen LogP contribution in [0.25, 0.3) is 0 Å². The lowest BCUT2D eigenvalue weighted by molar-refractivity contribution is 0.592. The summed E-state index contributed by atoms with van der Waals surface area (Å²) in [6.45, 7) is 1.75. The van der Waals surface area contributed by atoms with Crippen molar-refractivity contribution >= 4 is 34.7 Å². The molecule has 106 valence electrons. The third-order valence-corrected chi connectivity index (χ3v) is 3.92. The van der Waals surface area contributed by atoms with Gasteiger partial charge in [0, 0.05) is 41.6 Å². The fourth-order valence-electron chi connectivity index (χ4n) is 2.00. The second kappa shape index (κ2) is 7.31. The topological polar surface area (TPSA) is 55.9 Å². The molecular formula is C14H18N4S2. The van der Waals surface area contributed by atoms with Crippen molar-refractivity contribution in [3.8, 4) is 0 Å². The predicted molar refractivity (Wildman–Crippen MR) is 89.4 cm³/mol. The summed E-state index contributed by atoms with van der Waals surface area (Å²) in [6.07, 6.45) is 6.77. The van der Waals surface area contributed by atoms with E-state index in [-0.39, 0.29) is 0 Å². The molecule has 0 aliphatic rings. The van der Waals surface area contributed by atoms with E-state index in [9.17, 15) is 0 Å². The second-order valence-electron chi connectivity index (χ2n) is 4.30. The molecule has 0 saturated heterocycles. The van der Waals surface area contributed by atoms with Crippen LogP contribution in [-0.2, 0) is 6.54 Å². The summed E-state index contributed by atoms with van der Waals surface area (Å²) in [7, 11) is 0. The Balaban J connectivity index is 1.96. The summed E-state index contributed by atoms with van der Waals surface area (Å²) >= 11 is 6.81. The summed E-state index contributed by atoms with van der Waals surface area (Å²) in [5, 5.41) is 7.59. The maximum Gasteiger partial charge on any atom is 0.107 e. The number of hydrogen-bond donors (Lipinski definition) is 2. The molecule has 0 aliphatic carbocycles. The molecule has 0 saturated carbocycles. The van der Waals surface area contributed by atoms with Crippen LogP contribution in [0.5, 0.6) is 0 Å². The monoisotopic (exact) mass is 306 g/mol. The number of aromatic nitrogens is 2. The van der Waals surface area contributed by atoms with Gasteiger partial charge in [0.15, 0.2) is 0 Å². The molecule has 1 aromatic heterocycles. The third kappa shape index (κ3) is 3.74. The molecule has 2 aromatic rings. The number of nitrogens with one attached hydrogen (secondary N) is 1. The summed E-state index contributed by atoms with van der Waals surface area (Å²) in [6, 6.07) is 8.00. The van der Waals surface area contributed by atoms with Crippen molar-refractivity contribution in [1.29, 1.82) is 0 Å².